The molecule has 2 aliphatic rings. The van der Waals surface area contributed by atoms with Crippen molar-refractivity contribution in [2.75, 3.05) is 26.7 Å². The Morgan fingerprint density at radius 3 is 2.37 bits per heavy atom. The Labute approximate surface area is 164 Å². The van der Waals surface area contributed by atoms with Crippen LogP contribution in [0.3, 0.4) is 0 Å². The van der Waals surface area contributed by atoms with Gasteiger partial charge in [-0.3, -0.25) is 4.90 Å². The van der Waals surface area contributed by atoms with Crippen molar-refractivity contribution in [1.82, 2.24) is 14.8 Å². The maximum absolute atomic E-state index is 13.2. The first-order chi connectivity index (χ1) is 13.0. The molecule has 2 aliphatic heterocycles. The lowest BCUT2D eigenvalue weighted by Gasteiger charge is -2.42. The SMILES string of the molecule is CCCCCC1=NN(C(=O)N2CC(C)N(C)C(C)C2)CC1c1ccccc1. The van der Waals surface area contributed by atoms with E-state index in [9.17, 15) is 4.79 Å². The van der Waals surface area contributed by atoms with Gasteiger partial charge in [0.1, 0.15) is 0 Å². The van der Waals surface area contributed by atoms with E-state index in [4.69, 9.17) is 5.10 Å². The quantitative estimate of drug-likeness (QED) is 0.730. The van der Waals surface area contributed by atoms with Crippen LogP contribution in [0.4, 0.5) is 4.79 Å². The second kappa shape index (κ2) is 8.87. The highest BCUT2D eigenvalue weighted by atomic mass is 16.2. The van der Waals surface area contributed by atoms with Gasteiger partial charge in [-0.2, -0.15) is 5.10 Å². The number of nitrogens with zero attached hydrogens (tertiary/aromatic N) is 4. The fraction of sp³-hybridized carbons (Fsp3) is 0.636. The first-order valence-corrected chi connectivity index (χ1v) is 10.4. The zero-order valence-corrected chi connectivity index (χ0v) is 17.3. The predicted molar refractivity (Wildman–Crippen MR) is 111 cm³/mol. The molecule has 3 atom stereocenters. The van der Waals surface area contributed by atoms with Crippen LogP contribution < -0.4 is 0 Å². The highest BCUT2D eigenvalue weighted by molar-refractivity contribution is 5.94. The topological polar surface area (TPSA) is 39.2 Å². The van der Waals surface area contributed by atoms with E-state index in [1.807, 2.05) is 11.0 Å². The Balaban J connectivity index is 1.74. The number of hydrazone groups is 1. The van der Waals surface area contributed by atoms with Crippen molar-refractivity contribution in [3.8, 4) is 0 Å². The van der Waals surface area contributed by atoms with E-state index in [-0.39, 0.29) is 11.9 Å². The molecule has 27 heavy (non-hydrogen) atoms. The van der Waals surface area contributed by atoms with E-state index >= 15 is 0 Å². The molecule has 0 saturated carbocycles. The molecular weight excluding hydrogens is 336 g/mol. The second-order valence-corrected chi connectivity index (χ2v) is 8.14. The number of urea groups is 1. The van der Waals surface area contributed by atoms with E-state index in [1.54, 1.807) is 5.01 Å². The Hall–Kier alpha value is -1.88. The number of rotatable bonds is 5. The van der Waals surface area contributed by atoms with Gasteiger partial charge in [-0.05, 0) is 39.3 Å². The summed E-state index contributed by atoms with van der Waals surface area (Å²) >= 11 is 0. The average Bonchev–Trinajstić information content (AvgIpc) is 3.10. The Morgan fingerprint density at radius 1 is 1.07 bits per heavy atom. The van der Waals surface area contributed by atoms with Gasteiger partial charge in [-0.15, -0.1) is 0 Å². The smallest absolute Gasteiger partial charge is 0.320 e. The molecule has 0 aliphatic carbocycles. The number of benzene rings is 1. The van der Waals surface area contributed by atoms with Crippen LogP contribution >= 0.6 is 0 Å². The zero-order chi connectivity index (χ0) is 19.4. The van der Waals surface area contributed by atoms with E-state index < -0.39 is 0 Å². The van der Waals surface area contributed by atoms with Crippen LogP contribution in [0.1, 0.15) is 57.9 Å². The average molecular weight is 371 g/mol. The molecule has 0 aromatic heterocycles. The molecule has 0 bridgehead atoms. The number of amides is 2. The molecule has 1 aromatic carbocycles. The van der Waals surface area contributed by atoms with Crippen molar-refractivity contribution in [2.45, 2.75) is 64.5 Å². The highest BCUT2D eigenvalue weighted by Gasteiger charge is 2.36. The minimum Gasteiger partial charge on any atom is -0.320 e. The molecule has 5 heteroatoms. The van der Waals surface area contributed by atoms with Gasteiger partial charge in [0.05, 0.1) is 6.54 Å². The normalized spacial score (nSPS) is 26.4. The number of hydrogen-bond acceptors (Lipinski definition) is 3. The number of piperazine rings is 1. The van der Waals surface area contributed by atoms with Gasteiger partial charge in [0.15, 0.2) is 0 Å². The molecule has 1 fully saturated rings. The van der Waals surface area contributed by atoms with Crippen LogP contribution in [0.2, 0.25) is 0 Å². The molecule has 0 radical (unpaired) electrons. The number of carbonyl (C=O) groups excluding carboxylic acids is 1. The molecular formula is C22H34N4O. The van der Waals surface area contributed by atoms with E-state index in [2.05, 4.69) is 57.0 Å². The zero-order valence-electron chi connectivity index (χ0n) is 17.3. The molecule has 0 N–H and O–H groups in total. The maximum Gasteiger partial charge on any atom is 0.340 e. The van der Waals surface area contributed by atoms with Gasteiger partial charge in [0, 0.05) is 36.8 Å². The molecule has 3 rings (SSSR count). The lowest BCUT2D eigenvalue weighted by atomic mass is 9.92. The first-order valence-electron chi connectivity index (χ1n) is 10.4. The summed E-state index contributed by atoms with van der Waals surface area (Å²) in [6.07, 6.45) is 4.53. The van der Waals surface area contributed by atoms with Crippen LogP contribution in [0.25, 0.3) is 0 Å². The van der Waals surface area contributed by atoms with Gasteiger partial charge in [0.25, 0.3) is 0 Å². The standard InChI is InChI=1S/C22H34N4O/c1-5-6-8-13-21-20(19-11-9-7-10-12-19)16-26(23-21)22(27)25-14-17(2)24(4)18(3)15-25/h7,9-12,17-18,20H,5-6,8,13-16H2,1-4H3. The third-order valence-electron chi connectivity index (χ3n) is 6.10. The van der Waals surface area contributed by atoms with Crippen LogP contribution in [-0.4, -0.2) is 65.3 Å². The fourth-order valence-corrected chi connectivity index (χ4v) is 4.15. The third kappa shape index (κ3) is 4.52. The summed E-state index contributed by atoms with van der Waals surface area (Å²) in [7, 11) is 2.14. The Bertz CT molecular complexity index is 648. The minimum absolute atomic E-state index is 0.0632. The summed E-state index contributed by atoms with van der Waals surface area (Å²) in [5.74, 6) is 0.231. The summed E-state index contributed by atoms with van der Waals surface area (Å²) in [6.45, 7) is 8.80. The van der Waals surface area contributed by atoms with E-state index in [0.717, 1.165) is 25.9 Å². The third-order valence-corrected chi connectivity index (χ3v) is 6.10. The van der Waals surface area contributed by atoms with Gasteiger partial charge >= 0.3 is 6.03 Å². The minimum atomic E-state index is 0.0632. The number of hydrogen-bond donors (Lipinski definition) is 0. The summed E-state index contributed by atoms with van der Waals surface area (Å²) in [5.41, 5.74) is 2.43. The molecule has 1 aromatic rings. The van der Waals surface area contributed by atoms with Crippen molar-refractivity contribution >= 4 is 11.7 Å². The van der Waals surface area contributed by atoms with Crippen molar-refractivity contribution in [3.05, 3.63) is 35.9 Å². The van der Waals surface area contributed by atoms with Crippen molar-refractivity contribution < 1.29 is 4.79 Å². The van der Waals surface area contributed by atoms with Crippen molar-refractivity contribution in [3.63, 3.8) is 0 Å². The predicted octanol–water partition coefficient (Wildman–Crippen LogP) is 4.17. The summed E-state index contributed by atoms with van der Waals surface area (Å²) in [4.78, 5) is 17.5. The number of likely N-dealkylation sites (N-methyl/N-ethyl adjacent to an activating group) is 1. The van der Waals surface area contributed by atoms with Gasteiger partial charge in [-0.1, -0.05) is 50.1 Å². The van der Waals surface area contributed by atoms with Gasteiger partial charge in [0.2, 0.25) is 0 Å². The van der Waals surface area contributed by atoms with E-state index in [1.165, 1.54) is 24.1 Å². The molecule has 3 unspecified atom stereocenters. The highest BCUT2D eigenvalue weighted by Crippen LogP contribution is 2.29. The lowest BCUT2D eigenvalue weighted by Crippen LogP contribution is -2.58. The summed E-state index contributed by atoms with van der Waals surface area (Å²) in [6, 6.07) is 11.3. The van der Waals surface area contributed by atoms with Crippen molar-refractivity contribution in [1.29, 1.82) is 0 Å². The largest absolute Gasteiger partial charge is 0.340 e. The van der Waals surface area contributed by atoms with Gasteiger partial charge in [-0.25, -0.2) is 9.80 Å². The van der Waals surface area contributed by atoms with Crippen LogP contribution in [-0.2, 0) is 0 Å². The van der Waals surface area contributed by atoms with Gasteiger partial charge < -0.3 is 4.90 Å². The maximum atomic E-state index is 13.2. The Morgan fingerprint density at radius 2 is 1.74 bits per heavy atom. The first kappa shape index (κ1) is 19.9. The number of carbonyl (C=O) groups is 1. The molecule has 2 heterocycles. The second-order valence-electron chi connectivity index (χ2n) is 8.14. The fourth-order valence-electron chi connectivity index (χ4n) is 4.15. The van der Waals surface area contributed by atoms with E-state index in [0.29, 0.717) is 18.6 Å². The van der Waals surface area contributed by atoms with Crippen LogP contribution in [0.5, 0.6) is 0 Å². The van der Waals surface area contributed by atoms with Crippen LogP contribution in [0.15, 0.2) is 35.4 Å². The number of unbranched alkanes of at least 4 members (excludes halogenated alkanes) is 2. The molecule has 0 spiro atoms. The summed E-state index contributed by atoms with van der Waals surface area (Å²) in [5, 5.41) is 6.53. The van der Waals surface area contributed by atoms with Crippen molar-refractivity contribution in [2.24, 2.45) is 5.10 Å². The molecule has 2 amide bonds. The summed E-state index contributed by atoms with van der Waals surface area (Å²) < 4.78 is 0. The monoisotopic (exact) mass is 370 g/mol. The van der Waals surface area contributed by atoms with Crippen LogP contribution in [0, 0.1) is 0 Å². The lowest BCUT2D eigenvalue weighted by molar-refractivity contribution is 0.0642. The molecule has 1 saturated heterocycles. The Kier molecular flexibility index (Phi) is 6.53. The molecule has 5 nitrogen and oxygen atoms in total. The molecule has 148 valence electrons.